The average Bonchev–Trinajstić information content (AvgIpc) is 3.16. The third-order valence-electron chi connectivity index (χ3n) is 4.62. The van der Waals surface area contributed by atoms with E-state index in [1.165, 1.54) is 17.7 Å². The van der Waals surface area contributed by atoms with Crippen molar-refractivity contribution >= 4 is 11.6 Å². The highest BCUT2D eigenvalue weighted by molar-refractivity contribution is 5.90. The lowest BCUT2D eigenvalue weighted by Crippen LogP contribution is -2.12. The predicted molar refractivity (Wildman–Crippen MR) is 104 cm³/mol. The summed E-state index contributed by atoms with van der Waals surface area (Å²) in [5.74, 6) is 1.16. The van der Waals surface area contributed by atoms with Crippen LogP contribution in [0.2, 0.25) is 0 Å². The first kappa shape index (κ1) is 18.8. The molecule has 1 aromatic heterocycles. The van der Waals surface area contributed by atoms with E-state index in [1.807, 2.05) is 24.3 Å². The highest BCUT2D eigenvalue weighted by Crippen LogP contribution is 2.22. The molecule has 0 saturated heterocycles. The van der Waals surface area contributed by atoms with Crippen LogP contribution in [0.15, 0.2) is 59.1 Å². The smallest absolute Gasteiger partial charge is 0.224 e. The molecule has 0 aliphatic heterocycles. The van der Waals surface area contributed by atoms with Gasteiger partial charge in [-0.05, 0) is 54.3 Å². The van der Waals surface area contributed by atoms with E-state index < -0.39 is 0 Å². The van der Waals surface area contributed by atoms with Crippen LogP contribution in [0.3, 0.4) is 0 Å². The summed E-state index contributed by atoms with van der Waals surface area (Å²) < 4.78 is 18.6. The molecule has 0 aliphatic carbocycles. The molecule has 0 spiro atoms. The normalized spacial score (nSPS) is 12.0. The lowest BCUT2D eigenvalue weighted by Gasteiger charge is -2.10. The van der Waals surface area contributed by atoms with Crippen molar-refractivity contribution in [1.29, 1.82) is 0 Å². The molecule has 0 aliphatic rings. The Morgan fingerprint density at radius 3 is 2.52 bits per heavy atom. The number of nitrogens with zero attached hydrogens (tertiary/aromatic N) is 1. The van der Waals surface area contributed by atoms with Gasteiger partial charge in [-0.2, -0.15) is 0 Å². The van der Waals surface area contributed by atoms with Crippen molar-refractivity contribution in [2.24, 2.45) is 0 Å². The van der Waals surface area contributed by atoms with E-state index in [0.29, 0.717) is 24.0 Å². The number of hydrogen-bond donors (Lipinski definition) is 1. The second-order valence-corrected chi connectivity index (χ2v) is 6.60. The average molecular weight is 366 g/mol. The highest BCUT2D eigenvalue weighted by atomic mass is 19.1. The van der Waals surface area contributed by atoms with Crippen molar-refractivity contribution in [2.45, 2.75) is 39.0 Å². The van der Waals surface area contributed by atoms with Crippen LogP contribution >= 0.6 is 0 Å². The number of carbonyl (C=O) groups excluding carboxylic acids is 1. The van der Waals surface area contributed by atoms with Crippen molar-refractivity contribution in [1.82, 2.24) is 4.98 Å². The highest BCUT2D eigenvalue weighted by Gasteiger charge is 2.10. The Balaban J connectivity index is 1.53. The molecule has 27 heavy (non-hydrogen) atoms. The summed E-state index contributed by atoms with van der Waals surface area (Å²) in [6, 6.07) is 14.0. The van der Waals surface area contributed by atoms with Crippen molar-refractivity contribution in [2.75, 3.05) is 5.32 Å². The molecule has 0 bridgehead atoms. The van der Waals surface area contributed by atoms with E-state index in [2.05, 4.69) is 24.1 Å². The van der Waals surface area contributed by atoms with Gasteiger partial charge in [0.1, 0.15) is 5.82 Å². The summed E-state index contributed by atoms with van der Waals surface area (Å²) in [7, 11) is 0. The van der Waals surface area contributed by atoms with Crippen molar-refractivity contribution < 1.29 is 13.6 Å². The third kappa shape index (κ3) is 5.03. The number of amides is 1. The second-order valence-electron chi connectivity index (χ2n) is 6.60. The topological polar surface area (TPSA) is 55.1 Å². The van der Waals surface area contributed by atoms with Gasteiger partial charge in [0, 0.05) is 24.1 Å². The summed E-state index contributed by atoms with van der Waals surface area (Å²) in [6.07, 6.45) is 3.35. The summed E-state index contributed by atoms with van der Waals surface area (Å²) in [4.78, 5) is 16.3. The van der Waals surface area contributed by atoms with Crippen LogP contribution in [0.1, 0.15) is 44.1 Å². The molecule has 5 heteroatoms. The van der Waals surface area contributed by atoms with Gasteiger partial charge in [-0.15, -0.1) is 0 Å². The zero-order valence-corrected chi connectivity index (χ0v) is 15.5. The van der Waals surface area contributed by atoms with Gasteiger partial charge in [-0.3, -0.25) is 4.79 Å². The van der Waals surface area contributed by atoms with Crippen molar-refractivity contribution in [3.8, 4) is 11.3 Å². The fraction of sp³-hybridized carbons (Fsp3) is 0.273. The zero-order valence-electron chi connectivity index (χ0n) is 15.5. The van der Waals surface area contributed by atoms with Crippen LogP contribution < -0.4 is 5.32 Å². The minimum absolute atomic E-state index is 0.0900. The lowest BCUT2D eigenvalue weighted by atomic mass is 9.99. The molecule has 1 unspecified atom stereocenters. The number of oxazole rings is 1. The van der Waals surface area contributed by atoms with Crippen LogP contribution in [-0.4, -0.2) is 10.9 Å². The second kappa shape index (κ2) is 8.62. The maximum atomic E-state index is 13.0. The van der Waals surface area contributed by atoms with Gasteiger partial charge >= 0.3 is 0 Å². The summed E-state index contributed by atoms with van der Waals surface area (Å²) in [5.41, 5.74) is 2.80. The summed E-state index contributed by atoms with van der Waals surface area (Å²) in [5, 5.41) is 2.89. The number of anilines is 1. The van der Waals surface area contributed by atoms with Crippen LogP contribution in [0, 0.1) is 5.82 Å². The Bertz CT molecular complexity index is 885. The van der Waals surface area contributed by atoms with Crippen molar-refractivity contribution in [3.05, 3.63) is 72.0 Å². The maximum Gasteiger partial charge on any atom is 0.224 e. The SMILES string of the molecule is CCC(C)c1ccc(NC(=O)CCc2ncc(-c3ccc(F)cc3)o2)cc1. The molecule has 4 nitrogen and oxygen atoms in total. The van der Waals surface area contributed by atoms with E-state index in [4.69, 9.17) is 4.42 Å². The molecular formula is C22H23FN2O2. The molecule has 140 valence electrons. The maximum absolute atomic E-state index is 13.0. The number of carbonyl (C=O) groups is 1. The lowest BCUT2D eigenvalue weighted by molar-refractivity contribution is -0.116. The van der Waals surface area contributed by atoms with Crippen LogP contribution in [0.4, 0.5) is 10.1 Å². The molecule has 1 amide bonds. The van der Waals surface area contributed by atoms with Gasteiger partial charge < -0.3 is 9.73 Å². The van der Waals surface area contributed by atoms with Crippen LogP contribution in [0.5, 0.6) is 0 Å². The minimum atomic E-state index is -0.299. The quantitative estimate of drug-likeness (QED) is 0.595. The number of aromatic nitrogens is 1. The number of halogens is 1. The molecule has 1 heterocycles. The fourth-order valence-electron chi connectivity index (χ4n) is 2.75. The monoisotopic (exact) mass is 366 g/mol. The van der Waals surface area contributed by atoms with Crippen LogP contribution in [0.25, 0.3) is 11.3 Å². The summed E-state index contributed by atoms with van der Waals surface area (Å²) in [6.45, 7) is 4.34. The number of rotatable bonds is 7. The van der Waals surface area contributed by atoms with Gasteiger partial charge in [0.05, 0.1) is 6.20 Å². The molecule has 2 aromatic carbocycles. The zero-order chi connectivity index (χ0) is 19.2. The van der Waals surface area contributed by atoms with Gasteiger partial charge in [-0.25, -0.2) is 9.37 Å². The third-order valence-corrected chi connectivity index (χ3v) is 4.62. The van der Waals surface area contributed by atoms with E-state index in [-0.39, 0.29) is 18.1 Å². The molecule has 0 saturated carbocycles. The molecule has 1 N–H and O–H groups in total. The fourth-order valence-corrected chi connectivity index (χ4v) is 2.75. The van der Waals surface area contributed by atoms with Crippen LogP contribution in [-0.2, 0) is 11.2 Å². The molecular weight excluding hydrogens is 343 g/mol. The van der Waals surface area contributed by atoms with Gasteiger partial charge in [0.15, 0.2) is 11.7 Å². The Morgan fingerprint density at radius 1 is 1.15 bits per heavy atom. The minimum Gasteiger partial charge on any atom is -0.441 e. The molecule has 3 rings (SSSR count). The Morgan fingerprint density at radius 2 is 1.85 bits per heavy atom. The first-order valence-corrected chi connectivity index (χ1v) is 9.15. The summed E-state index contributed by atoms with van der Waals surface area (Å²) >= 11 is 0. The van der Waals surface area contributed by atoms with Gasteiger partial charge in [-0.1, -0.05) is 26.0 Å². The van der Waals surface area contributed by atoms with E-state index in [0.717, 1.165) is 17.7 Å². The molecule has 3 aromatic rings. The van der Waals surface area contributed by atoms with Crippen molar-refractivity contribution in [3.63, 3.8) is 0 Å². The first-order chi connectivity index (χ1) is 13.0. The van der Waals surface area contributed by atoms with Gasteiger partial charge in [0.25, 0.3) is 0 Å². The van der Waals surface area contributed by atoms with Gasteiger partial charge in [0.2, 0.25) is 5.91 Å². The molecule has 0 radical (unpaired) electrons. The van der Waals surface area contributed by atoms with E-state index >= 15 is 0 Å². The Kier molecular flexibility index (Phi) is 6.01. The van der Waals surface area contributed by atoms with E-state index in [1.54, 1.807) is 18.3 Å². The molecule has 0 fully saturated rings. The number of benzene rings is 2. The number of nitrogens with one attached hydrogen (secondary N) is 1. The largest absolute Gasteiger partial charge is 0.441 e. The first-order valence-electron chi connectivity index (χ1n) is 9.15. The number of aryl methyl sites for hydroxylation is 1. The van der Waals surface area contributed by atoms with E-state index in [9.17, 15) is 9.18 Å². The Labute approximate surface area is 158 Å². The number of hydrogen-bond acceptors (Lipinski definition) is 3. The predicted octanol–water partition coefficient (Wildman–Crippen LogP) is 5.57. The molecule has 1 atom stereocenters. The Hall–Kier alpha value is -2.95. The standard InChI is InChI=1S/C22H23FN2O2/c1-3-15(2)16-6-10-19(11-7-16)25-21(26)12-13-22-24-14-20(27-22)17-4-8-18(23)9-5-17/h4-11,14-15H,3,12-13H2,1-2H3,(H,25,26).